The van der Waals surface area contributed by atoms with E-state index in [0.717, 1.165) is 27.8 Å². The SMILES string of the molecule is CC.Cc1cc(F)c2[nH]c(-c3ccc(F)cc3)c(C3CC(C(=O)N4CCC(O)C4)C3)c2c1. The van der Waals surface area contributed by atoms with Crippen LogP contribution in [0.15, 0.2) is 36.4 Å². The number of aryl methyl sites for hydroxylation is 1. The summed E-state index contributed by atoms with van der Waals surface area (Å²) in [6.45, 7) is 6.89. The summed E-state index contributed by atoms with van der Waals surface area (Å²) in [6.07, 6.45) is 1.61. The molecule has 0 radical (unpaired) electrons. The highest BCUT2D eigenvalue weighted by molar-refractivity contribution is 5.93. The van der Waals surface area contributed by atoms with E-state index >= 15 is 0 Å². The first-order chi connectivity index (χ1) is 15.4. The van der Waals surface area contributed by atoms with Crippen molar-refractivity contribution in [3.8, 4) is 11.3 Å². The highest BCUT2D eigenvalue weighted by atomic mass is 19.1. The Bertz CT molecular complexity index is 1120. The second-order valence-corrected chi connectivity index (χ2v) is 8.68. The fourth-order valence-electron chi connectivity index (χ4n) is 4.93. The van der Waals surface area contributed by atoms with Gasteiger partial charge >= 0.3 is 0 Å². The number of aliphatic hydroxyl groups excluding tert-OH is 1. The summed E-state index contributed by atoms with van der Waals surface area (Å²) >= 11 is 0. The van der Waals surface area contributed by atoms with E-state index in [-0.39, 0.29) is 29.4 Å². The van der Waals surface area contributed by atoms with Gasteiger partial charge in [-0.25, -0.2) is 8.78 Å². The van der Waals surface area contributed by atoms with Gasteiger partial charge in [0.25, 0.3) is 0 Å². The number of carbonyl (C=O) groups is 1. The van der Waals surface area contributed by atoms with Gasteiger partial charge in [-0.1, -0.05) is 13.8 Å². The summed E-state index contributed by atoms with van der Waals surface area (Å²) in [5.74, 6) is -0.464. The number of fused-ring (bicyclic) bond motifs is 1. The number of H-pyrrole nitrogens is 1. The van der Waals surface area contributed by atoms with Crippen LogP contribution in [0.2, 0.25) is 0 Å². The van der Waals surface area contributed by atoms with Gasteiger partial charge in [0.2, 0.25) is 5.91 Å². The van der Waals surface area contributed by atoms with Crippen LogP contribution in [-0.4, -0.2) is 40.1 Å². The molecule has 2 N–H and O–H groups in total. The molecule has 3 aromatic rings. The number of carbonyl (C=O) groups excluding carboxylic acids is 1. The fraction of sp³-hybridized carbons (Fsp3) is 0.423. The number of nitrogens with zero attached hydrogens (tertiary/aromatic N) is 1. The van der Waals surface area contributed by atoms with Crippen LogP contribution in [0, 0.1) is 24.5 Å². The van der Waals surface area contributed by atoms with E-state index in [2.05, 4.69) is 4.98 Å². The maximum absolute atomic E-state index is 14.7. The van der Waals surface area contributed by atoms with Gasteiger partial charge in [-0.05, 0) is 85.2 Å². The largest absolute Gasteiger partial charge is 0.391 e. The number of nitrogens with one attached hydrogen (secondary N) is 1. The molecule has 1 atom stereocenters. The van der Waals surface area contributed by atoms with Crippen molar-refractivity contribution < 1.29 is 18.7 Å². The van der Waals surface area contributed by atoms with Gasteiger partial charge in [0.15, 0.2) is 0 Å². The van der Waals surface area contributed by atoms with Crippen LogP contribution < -0.4 is 0 Å². The Hall–Kier alpha value is -2.73. The molecule has 1 saturated heterocycles. The number of halogens is 2. The van der Waals surface area contributed by atoms with Crippen molar-refractivity contribution in [2.24, 2.45) is 5.92 Å². The first-order valence-corrected chi connectivity index (χ1v) is 11.4. The smallest absolute Gasteiger partial charge is 0.225 e. The van der Waals surface area contributed by atoms with Gasteiger partial charge in [0.05, 0.1) is 17.3 Å². The average molecular weight is 441 g/mol. The number of aliphatic hydroxyl groups is 1. The number of β-amino-alcohol motifs (C(OH)–C–C–N with tert-alkyl or cyclic N) is 1. The summed E-state index contributed by atoms with van der Waals surface area (Å²) in [6, 6.07) is 9.67. The van der Waals surface area contributed by atoms with Gasteiger partial charge in [0, 0.05) is 24.4 Å². The summed E-state index contributed by atoms with van der Waals surface area (Å²) < 4.78 is 28.1. The molecule has 1 unspecified atom stereocenters. The third kappa shape index (κ3) is 4.04. The molecule has 0 bridgehead atoms. The molecule has 1 aromatic heterocycles. The van der Waals surface area contributed by atoms with Gasteiger partial charge in [-0.15, -0.1) is 0 Å². The number of benzene rings is 2. The topological polar surface area (TPSA) is 56.3 Å². The van der Waals surface area contributed by atoms with Crippen LogP contribution in [0.3, 0.4) is 0 Å². The van der Waals surface area contributed by atoms with Crippen LogP contribution in [0.25, 0.3) is 22.2 Å². The normalized spacial score (nSPS) is 22.4. The lowest BCUT2D eigenvalue weighted by molar-refractivity contribution is -0.138. The van der Waals surface area contributed by atoms with Gasteiger partial charge < -0.3 is 15.0 Å². The number of amides is 1. The highest BCUT2D eigenvalue weighted by Crippen LogP contribution is 2.49. The van der Waals surface area contributed by atoms with Crippen LogP contribution >= 0.6 is 0 Å². The molecule has 0 spiro atoms. The Balaban J connectivity index is 0.00000119. The molecule has 1 aliphatic heterocycles. The Morgan fingerprint density at radius 1 is 1.12 bits per heavy atom. The van der Waals surface area contributed by atoms with Gasteiger partial charge in [-0.3, -0.25) is 4.79 Å². The molecule has 6 heteroatoms. The van der Waals surface area contributed by atoms with Crippen molar-refractivity contribution >= 4 is 16.8 Å². The van der Waals surface area contributed by atoms with E-state index in [9.17, 15) is 18.7 Å². The minimum absolute atomic E-state index is 0.0685. The fourth-order valence-corrected chi connectivity index (χ4v) is 4.93. The lowest BCUT2D eigenvalue weighted by Gasteiger charge is -2.37. The highest BCUT2D eigenvalue weighted by Gasteiger charge is 2.41. The second-order valence-electron chi connectivity index (χ2n) is 8.68. The minimum atomic E-state index is -0.422. The minimum Gasteiger partial charge on any atom is -0.391 e. The molecule has 4 nitrogen and oxygen atoms in total. The first kappa shape index (κ1) is 22.5. The van der Waals surface area contributed by atoms with E-state index < -0.39 is 6.10 Å². The number of likely N-dealkylation sites (tertiary alicyclic amines) is 1. The number of aromatic nitrogens is 1. The lowest BCUT2D eigenvalue weighted by atomic mass is 9.69. The summed E-state index contributed by atoms with van der Waals surface area (Å²) in [4.78, 5) is 17.7. The molecular formula is C26H30F2N2O2. The molecule has 2 aliphatic rings. The molecule has 32 heavy (non-hydrogen) atoms. The third-order valence-electron chi connectivity index (χ3n) is 6.55. The Morgan fingerprint density at radius 2 is 1.81 bits per heavy atom. The van der Waals surface area contributed by atoms with E-state index in [1.807, 2.05) is 26.8 Å². The van der Waals surface area contributed by atoms with E-state index in [4.69, 9.17) is 0 Å². The monoisotopic (exact) mass is 440 g/mol. The van der Waals surface area contributed by atoms with E-state index in [1.54, 1.807) is 17.0 Å². The molecule has 2 aromatic carbocycles. The van der Waals surface area contributed by atoms with Crippen LogP contribution in [0.5, 0.6) is 0 Å². The van der Waals surface area contributed by atoms with Crippen LogP contribution in [0.1, 0.15) is 50.2 Å². The van der Waals surface area contributed by atoms with Crippen molar-refractivity contribution in [2.75, 3.05) is 13.1 Å². The number of hydrogen-bond acceptors (Lipinski definition) is 2. The first-order valence-electron chi connectivity index (χ1n) is 11.4. The van der Waals surface area contributed by atoms with Crippen LogP contribution in [-0.2, 0) is 4.79 Å². The zero-order chi connectivity index (χ0) is 23.0. The third-order valence-corrected chi connectivity index (χ3v) is 6.55. The number of aromatic amines is 1. The number of rotatable bonds is 3. The standard InChI is InChI=1S/C24H24F2N2O2.C2H6/c1-13-8-19-21(15-10-16(11-15)24(30)28-7-6-18(29)12-28)22(27-23(19)20(26)9-13)14-2-4-17(25)5-3-14;1-2/h2-5,8-9,15-16,18,27,29H,6-7,10-12H2,1H3;1-2H3. The quantitative estimate of drug-likeness (QED) is 0.562. The maximum Gasteiger partial charge on any atom is 0.225 e. The molecule has 1 amide bonds. The van der Waals surface area contributed by atoms with Crippen LogP contribution in [0.4, 0.5) is 8.78 Å². The van der Waals surface area contributed by atoms with Crippen molar-refractivity contribution in [3.05, 3.63) is 59.2 Å². The van der Waals surface area contributed by atoms with Crippen molar-refractivity contribution in [1.29, 1.82) is 0 Å². The predicted molar refractivity (Wildman–Crippen MR) is 122 cm³/mol. The van der Waals surface area contributed by atoms with Crippen molar-refractivity contribution in [3.63, 3.8) is 0 Å². The summed E-state index contributed by atoms with van der Waals surface area (Å²) in [7, 11) is 0. The summed E-state index contributed by atoms with van der Waals surface area (Å²) in [5.41, 5.74) is 3.89. The van der Waals surface area contributed by atoms with E-state index in [0.29, 0.717) is 37.9 Å². The van der Waals surface area contributed by atoms with Crippen molar-refractivity contribution in [1.82, 2.24) is 9.88 Å². The molecule has 170 valence electrons. The number of hydrogen-bond donors (Lipinski definition) is 2. The zero-order valence-corrected chi connectivity index (χ0v) is 18.8. The molecule has 5 rings (SSSR count). The predicted octanol–water partition coefficient (Wildman–Crippen LogP) is 5.53. The van der Waals surface area contributed by atoms with Crippen molar-refractivity contribution in [2.45, 2.75) is 52.1 Å². The summed E-state index contributed by atoms with van der Waals surface area (Å²) in [5, 5.41) is 10.5. The molecular weight excluding hydrogens is 410 g/mol. The zero-order valence-electron chi connectivity index (χ0n) is 18.8. The second kappa shape index (κ2) is 9.02. The maximum atomic E-state index is 14.7. The Kier molecular flexibility index (Phi) is 6.33. The van der Waals surface area contributed by atoms with Gasteiger partial charge in [0.1, 0.15) is 11.6 Å². The lowest BCUT2D eigenvalue weighted by Crippen LogP contribution is -2.40. The van der Waals surface area contributed by atoms with Gasteiger partial charge in [-0.2, -0.15) is 0 Å². The Morgan fingerprint density at radius 3 is 2.44 bits per heavy atom. The Labute approximate surface area is 187 Å². The average Bonchev–Trinajstić information content (AvgIpc) is 3.34. The molecule has 2 fully saturated rings. The molecule has 1 saturated carbocycles. The molecule has 2 heterocycles. The van der Waals surface area contributed by atoms with E-state index in [1.165, 1.54) is 18.2 Å². The molecule has 1 aliphatic carbocycles.